The molecule has 1 unspecified atom stereocenters. The van der Waals surface area contributed by atoms with Crippen LogP contribution in [0.15, 0.2) is 46.9 Å². The van der Waals surface area contributed by atoms with Crippen LogP contribution in [0.4, 0.5) is 5.69 Å². The van der Waals surface area contributed by atoms with E-state index in [1.807, 2.05) is 30.3 Å². The van der Waals surface area contributed by atoms with E-state index >= 15 is 0 Å². The topological polar surface area (TPSA) is 58.6 Å². The molecule has 1 atom stereocenters. The Labute approximate surface area is 130 Å². The molecule has 2 aromatic rings. The Balaban J connectivity index is 1.93. The largest absolute Gasteiger partial charge is 0.493 e. The minimum absolute atomic E-state index is 0.0502. The van der Waals surface area contributed by atoms with Gasteiger partial charge in [-0.2, -0.15) is 0 Å². The van der Waals surface area contributed by atoms with Crippen LogP contribution in [0.25, 0.3) is 0 Å². The number of rotatable bonds is 3. The molecule has 1 aliphatic rings. The van der Waals surface area contributed by atoms with Crippen molar-refractivity contribution < 1.29 is 14.6 Å². The van der Waals surface area contributed by atoms with E-state index < -0.39 is 5.97 Å². The molecule has 0 amide bonds. The van der Waals surface area contributed by atoms with Gasteiger partial charge in [0.2, 0.25) is 0 Å². The first-order valence-electron chi connectivity index (χ1n) is 6.66. The van der Waals surface area contributed by atoms with Crippen molar-refractivity contribution in [3.05, 3.63) is 58.1 Å². The quantitative estimate of drug-likeness (QED) is 0.878. The van der Waals surface area contributed by atoms with Crippen LogP contribution in [-0.2, 0) is 0 Å². The minimum atomic E-state index is -0.945. The van der Waals surface area contributed by atoms with E-state index in [9.17, 15) is 9.90 Å². The number of fused-ring (bicyclic) bond motifs is 1. The Morgan fingerprint density at radius 3 is 2.90 bits per heavy atom. The molecule has 1 aliphatic heterocycles. The number of benzene rings is 2. The number of hydrogen-bond acceptors (Lipinski definition) is 3. The third-order valence-corrected chi connectivity index (χ3v) is 3.99. The minimum Gasteiger partial charge on any atom is -0.493 e. The van der Waals surface area contributed by atoms with Crippen LogP contribution in [0.2, 0.25) is 0 Å². The summed E-state index contributed by atoms with van der Waals surface area (Å²) in [6.45, 7) is 0.619. The smallest absolute Gasteiger partial charge is 0.337 e. The van der Waals surface area contributed by atoms with E-state index in [1.54, 1.807) is 12.1 Å². The van der Waals surface area contributed by atoms with E-state index in [-0.39, 0.29) is 11.6 Å². The molecule has 1 heterocycles. The Morgan fingerprint density at radius 1 is 1.29 bits per heavy atom. The third kappa shape index (κ3) is 2.88. The molecule has 0 fully saturated rings. The molecular formula is C16H14BrNO3. The first kappa shape index (κ1) is 13.9. The third-order valence-electron chi connectivity index (χ3n) is 3.50. The van der Waals surface area contributed by atoms with E-state index in [1.165, 1.54) is 0 Å². The van der Waals surface area contributed by atoms with Gasteiger partial charge in [0.25, 0.3) is 0 Å². The summed E-state index contributed by atoms with van der Waals surface area (Å²) in [6.07, 6.45) is 0.798. The van der Waals surface area contributed by atoms with Crippen LogP contribution >= 0.6 is 15.9 Å². The molecule has 0 aromatic heterocycles. The fourth-order valence-corrected chi connectivity index (χ4v) is 2.86. The molecule has 3 rings (SSSR count). The highest BCUT2D eigenvalue weighted by molar-refractivity contribution is 9.10. The molecule has 0 aliphatic carbocycles. The summed E-state index contributed by atoms with van der Waals surface area (Å²) in [6, 6.07) is 13.1. The second kappa shape index (κ2) is 5.77. The van der Waals surface area contributed by atoms with Crippen molar-refractivity contribution in [3.63, 3.8) is 0 Å². The standard InChI is InChI=1S/C16H14BrNO3/c17-10-5-6-13(12(9-10)16(19)20)18-14-7-8-21-15-4-2-1-3-11(14)15/h1-6,9,14,18H,7-8H2,(H,19,20). The SMILES string of the molecule is O=C(O)c1cc(Br)ccc1NC1CCOc2ccccc21. The van der Waals surface area contributed by atoms with Gasteiger partial charge in [-0.3, -0.25) is 0 Å². The summed E-state index contributed by atoms with van der Waals surface area (Å²) in [5.74, 6) is -0.0885. The van der Waals surface area contributed by atoms with Crippen molar-refractivity contribution in [2.45, 2.75) is 12.5 Å². The number of halogens is 1. The maximum Gasteiger partial charge on any atom is 0.337 e. The summed E-state index contributed by atoms with van der Waals surface area (Å²) < 4.78 is 6.37. The van der Waals surface area contributed by atoms with E-state index in [4.69, 9.17) is 4.74 Å². The lowest BCUT2D eigenvalue weighted by atomic mass is 9.99. The maximum absolute atomic E-state index is 11.4. The number of anilines is 1. The number of aromatic carboxylic acids is 1. The average molecular weight is 348 g/mol. The van der Waals surface area contributed by atoms with Crippen LogP contribution in [0.3, 0.4) is 0 Å². The van der Waals surface area contributed by atoms with E-state index in [2.05, 4.69) is 21.2 Å². The Morgan fingerprint density at radius 2 is 2.10 bits per heavy atom. The van der Waals surface area contributed by atoms with Gasteiger partial charge in [0.15, 0.2) is 0 Å². The Kier molecular flexibility index (Phi) is 3.84. The van der Waals surface area contributed by atoms with Crippen LogP contribution in [0.5, 0.6) is 5.75 Å². The van der Waals surface area contributed by atoms with Gasteiger partial charge in [0.05, 0.1) is 18.2 Å². The van der Waals surface area contributed by atoms with Crippen molar-refractivity contribution in [1.29, 1.82) is 0 Å². The van der Waals surface area contributed by atoms with Crippen molar-refractivity contribution in [3.8, 4) is 5.75 Å². The van der Waals surface area contributed by atoms with Gasteiger partial charge in [-0.15, -0.1) is 0 Å². The second-order valence-corrected chi connectivity index (χ2v) is 5.78. The molecule has 0 saturated heterocycles. The summed E-state index contributed by atoms with van der Waals surface area (Å²) in [7, 11) is 0. The molecule has 0 radical (unpaired) electrons. The summed E-state index contributed by atoms with van der Waals surface area (Å²) in [4.78, 5) is 11.4. The number of carboxylic acid groups (broad SMARTS) is 1. The van der Waals surface area contributed by atoms with Crippen molar-refractivity contribution in [2.75, 3.05) is 11.9 Å². The number of nitrogens with one attached hydrogen (secondary N) is 1. The lowest BCUT2D eigenvalue weighted by Crippen LogP contribution is -2.21. The zero-order chi connectivity index (χ0) is 14.8. The number of carboxylic acids is 1. The number of ether oxygens (including phenoxy) is 1. The number of carbonyl (C=O) groups is 1. The first-order chi connectivity index (χ1) is 10.1. The Hall–Kier alpha value is -2.01. The molecule has 0 bridgehead atoms. The monoisotopic (exact) mass is 347 g/mol. The molecule has 21 heavy (non-hydrogen) atoms. The highest BCUT2D eigenvalue weighted by atomic mass is 79.9. The molecule has 2 N–H and O–H groups in total. The Bertz CT molecular complexity index is 687. The summed E-state index contributed by atoms with van der Waals surface area (Å²) in [5, 5.41) is 12.7. The molecule has 108 valence electrons. The highest BCUT2D eigenvalue weighted by Gasteiger charge is 2.22. The lowest BCUT2D eigenvalue weighted by Gasteiger charge is -2.28. The van der Waals surface area contributed by atoms with E-state index in [0.29, 0.717) is 12.3 Å². The molecule has 5 heteroatoms. The van der Waals surface area contributed by atoms with Gasteiger partial charge in [-0.25, -0.2) is 4.79 Å². The van der Waals surface area contributed by atoms with Gasteiger partial charge < -0.3 is 15.2 Å². The van der Waals surface area contributed by atoms with Gasteiger partial charge in [0, 0.05) is 22.1 Å². The predicted molar refractivity (Wildman–Crippen MR) is 84.0 cm³/mol. The van der Waals surface area contributed by atoms with Crippen LogP contribution in [-0.4, -0.2) is 17.7 Å². The van der Waals surface area contributed by atoms with Crippen molar-refractivity contribution in [1.82, 2.24) is 0 Å². The van der Waals surface area contributed by atoms with Gasteiger partial charge in [-0.05, 0) is 24.3 Å². The zero-order valence-electron chi connectivity index (χ0n) is 11.2. The molecule has 4 nitrogen and oxygen atoms in total. The van der Waals surface area contributed by atoms with Gasteiger partial charge >= 0.3 is 5.97 Å². The number of para-hydroxylation sites is 1. The zero-order valence-corrected chi connectivity index (χ0v) is 12.8. The van der Waals surface area contributed by atoms with Crippen LogP contribution < -0.4 is 10.1 Å². The second-order valence-electron chi connectivity index (χ2n) is 4.87. The van der Waals surface area contributed by atoms with Crippen LogP contribution in [0, 0.1) is 0 Å². The fourth-order valence-electron chi connectivity index (χ4n) is 2.50. The predicted octanol–water partition coefficient (Wildman–Crippen LogP) is 4.08. The van der Waals surface area contributed by atoms with Crippen molar-refractivity contribution >= 4 is 27.6 Å². The van der Waals surface area contributed by atoms with E-state index in [0.717, 1.165) is 22.2 Å². The summed E-state index contributed by atoms with van der Waals surface area (Å²) >= 11 is 3.30. The van der Waals surface area contributed by atoms with Gasteiger partial charge in [0.1, 0.15) is 5.75 Å². The van der Waals surface area contributed by atoms with Gasteiger partial charge in [-0.1, -0.05) is 34.1 Å². The number of hydrogen-bond donors (Lipinski definition) is 2. The maximum atomic E-state index is 11.4. The fraction of sp³-hybridized carbons (Fsp3) is 0.188. The molecule has 0 spiro atoms. The molecule has 2 aromatic carbocycles. The summed E-state index contributed by atoms with van der Waals surface area (Å²) in [5.41, 5.74) is 1.93. The molecular weight excluding hydrogens is 334 g/mol. The first-order valence-corrected chi connectivity index (χ1v) is 7.45. The highest BCUT2D eigenvalue weighted by Crippen LogP contribution is 2.35. The molecule has 0 saturated carbocycles. The normalized spacial score (nSPS) is 16.7. The van der Waals surface area contributed by atoms with Crippen molar-refractivity contribution in [2.24, 2.45) is 0 Å². The lowest BCUT2D eigenvalue weighted by molar-refractivity contribution is 0.0698. The van der Waals surface area contributed by atoms with Crippen LogP contribution in [0.1, 0.15) is 28.4 Å². The average Bonchev–Trinajstić information content (AvgIpc) is 2.49.